The Kier molecular flexibility index (Phi) is 8.13. The van der Waals surface area contributed by atoms with Crippen molar-refractivity contribution in [3.8, 4) is 0 Å². The summed E-state index contributed by atoms with van der Waals surface area (Å²) >= 11 is 0. The van der Waals surface area contributed by atoms with Gasteiger partial charge in [0.2, 0.25) is 0 Å². The molecule has 0 fully saturated rings. The standard InChI is InChI=1S/C14H22FNO3/c1-12-3-4-13(15)14(11-12)16-5-6-18-9-10-19-8-7-17-2/h3-4,11,16H,5-10H2,1-2H3. The van der Waals surface area contributed by atoms with Gasteiger partial charge >= 0.3 is 0 Å². The van der Waals surface area contributed by atoms with Crippen molar-refractivity contribution in [3.05, 3.63) is 29.6 Å². The van der Waals surface area contributed by atoms with Gasteiger partial charge in [0, 0.05) is 13.7 Å². The second kappa shape index (κ2) is 9.72. The van der Waals surface area contributed by atoms with Crippen molar-refractivity contribution < 1.29 is 18.6 Å². The Bertz CT molecular complexity index is 361. The normalized spacial score (nSPS) is 10.7. The van der Waals surface area contributed by atoms with Gasteiger partial charge in [0.25, 0.3) is 0 Å². The van der Waals surface area contributed by atoms with E-state index in [1.165, 1.54) is 6.07 Å². The lowest BCUT2D eigenvalue weighted by atomic mass is 10.2. The number of halogens is 1. The molecule has 1 rings (SSSR count). The van der Waals surface area contributed by atoms with Gasteiger partial charge in [-0.2, -0.15) is 0 Å². The Balaban J connectivity index is 2.03. The van der Waals surface area contributed by atoms with Crippen LogP contribution in [0.3, 0.4) is 0 Å². The lowest BCUT2D eigenvalue weighted by molar-refractivity contribution is 0.0272. The molecule has 0 radical (unpaired) electrons. The highest BCUT2D eigenvalue weighted by Crippen LogP contribution is 2.14. The molecule has 1 aromatic rings. The van der Waals surface area contributed by atoms with Crippen LogP contribution >= 0.6 is 0 Å². The zero-order valence-corrected chi connectivity index (χ0v) is 11.6. The quantitative estimate of drug-likeness (QED) is 0.662. The van der Waals surface area contributed by atoms with Gasteiger partial charge in [-0.3, -0.25) is 0 Å². The number of anilines is 1. The Morgan fingerprint density at radius 3 is 2.47 bits per heavy atom. The zero-order valence-electron chi connectivity index (χ0n) is 11.6. The van der Waals surface area contributed by atoms with E-state index in [1.54, 1.807) is 19.2 Å². The molecule has 0 bridgehead atoms. The fourth-order valence-electron chi connectivity index (χ4n) is 1.50. The average Bonchev–Trinajstić information content (AvgIpc) is 2.40. The van der Waals surface area contributed by atoms with Crippen molar-refractivity contribution in [2.45, 2.75) is 6.92 Å². The lowest BCUT2D eigenvalue weighted by Gasteiger charge is -2.09. The first-order valence-corrected chi connectivity index (χ1v) is 6.38. The summed E-state index contributed by atoms with van der Waals surface area (Å²) in [5.74, 6) is -0.242. The number of benzene rings is 1. The Morgan fingerprint density at radius 1 is 1.05 bits per heavy atom. The molecule has 0 amide bonds. The maximum absolute atomic E-state index is 13.4. The summed E-state index contributed by atoms with van der Waals surface area (Å²) in [6, 6.07) is 4.99. The van der Waals surface area contributed by atoms with Crippen LogP contribution in [0.1, 0.15) is 5.56 Å². The van der Waals surface area contributed by atoms with Gasteiger partial charge in [0.05, 0.1) is 38.7 Å². The Morgan fingerprint density at radius 2 is 1.74 bits per heavy atom. The van der Waals surface area contributed by atoms with Crippen molar-refractivity contribution in [1.29, 1.82) is 0 Å². The highest BCUT2D eigenvalue weighted by molar-refractivity contribution is 5.46. The second-order valence-corrected chi connectivity index (χ2v) is 4.13. The van der Waals surface area contributed by atoms with Gasteiger partial charge in [-0.1, -0.05) is 6.07 Å². The fraction of sp³-hybridized carbons (Fsp3) is 0.571. The van der Waals surface area contributed by atoms with E-state index < -0.39 is 0 Å². The number of methoxy groups -OCH3 is 1. The summed E-state index contributed by atoms with van der Waals surface area (Å²) in [6.45, 7) is 5.25. The van der Waals surface area contributed by atoms with E-state index >= 15 is 0 Å². The van der Waals surface area contributed by atoms with Crippen molar-refractivity contribution in [1.82, 2.24) is 0 Å². The smallest absolute Gasteiger partial charge is 0.146 e. The Labute approximate surface area is 113 Å². The summed E-state index contributed by atoms with van der Waals surface area (Å²) in [4.78, 5) is 0. The SMILES string of the molecule is COCCOCCOCCNc1cc(C)ccc1F. The van der Waals surface area contributed by atoms with Crippen LogP contribution < -0.4 is 5.32 Å². The van der Waals surface area contributed by atoms with E-state index in [0.29, 0.717) is 45.3 Å². The summed E-state index contributed by atoms with van der Waals surface area (Å²) in [7, 11) is 1.63. The molecule has 19 heavy (non-hydrogen) atoms. The summed E-state index contributed by atoms with van der Waals surface area (Å²) in [5, 5.41) is 3.00. The van der Waals surface area contributed by atoms with Gasteiger partial charge in [0.1, 0.15) is 5.82 Å². The molecule has 0 atom stereocenters. The van der Waals surface area contributed by atoms with Crippen molar-refractivity contribution >= 4 is 5.69 Å². The van der Waals surface area contributed by atoms with Crippen molar-refractivity contribution in [3.63, 3.8) is 0 Å². The van der Waals surface area contributed by atoms with Crippen LogP contribution in [0, 0.1) is 12.7 Å². The topological polar surface area (TPSA) is 39.7 Å². The third-order valence-electron chi connectivity index (χ3n) is 2.49. The maximum Gasteiger partial charge on any atom is 0.146 e. The first-order chi connectivity index (χ1) is 9.24. The van der Waals surface area contributed by atoms with Gasteiger partial charge in [0.15, 0.2) is 0 Å². The monoisotopic (exact) mass is 271 g/mol. The van der Waals surface area contributed by atoms with E-state index in [4.69, 9.17) is 14.2 Å². The van der Waals surface area contributed by atoms with Crippen LogP contribution in [0.5, 0.6) is 0 Å². The highest BCUT2D eigenvalue weighted by atomic mass is 19.1. The van der Waals surface area contributed by atoms with E-state index in [1.807, 2.05) is 6.92 Å². The molecule has 0 aliphatic rings. The van der Waals surface area contributed by atoms with Crippen LogP contribution in [0.15, 0.2) is 18.2 Å². The number of aryl methyl sites for hydroxylation is 1. The van der Waals surface area contributed by atoms with Gasteiger partial charge in [-0.25, -0.2) is 4.39 Å². The van der Waals surface area contributed by atoms with Crippen molar-refractivity contribution in [2.75, 3.05) is 52.0 Å². The average molecular weight is 271 g/mol. The molecule has 0 heterocycles. The van der Waals surface area contributed by atoms with Crippen molar-refractivity contribution in [2.24, 2.45) is 0 Å². The van der Waals surface area contributed by atoms with Gasteiger partial charge in [-0.05, 0) is 24.6 Å². The largest absolute Gasteiger partial charge is 0.382 e. The minimum Gasteiger partial charge on any atom is -0.382 e. The molecule has 0 saturated heterocycles. The molecule has 4 nitrogen and oxygen atoms in total. The van der Waals surface area contributed by atoms with Crippen LogP contribution in [0.25, 0.3) is 0 Å². The van der Waals surface area contributed by atoms with Crippen LogP contribution in [-0.2, 0) is 14.2 Å². The molecular formula is C14H22FNO3. The van der Waals surface area contributed by atoms with Gasteiger partial charge < -0.3 is 19.5 Å². The molecule has 0 aliphatic heterocycles. The molecule has 0 aliphatic carbocycles. The molecule has 5 heteroatoms. The molecule has 0 spiro atoms. The number of ether oxygens (including phenoxy) is 3. The Hall–Kier alpha value is -1.17. The molecule has 1 aromatic carbocycles. The van der Waals surface area contributed by atoms with E-state index in [2.05, 4.69) is 5.32 Å². The summed E-state index contributed by atoms with van der Waals surface area (Å²) in [6.07, 6.45) is 0. The molecule has 0 aromatic heterocycles. The van der Waals surface area contributed by atoms with Crippen LogP contribution in [-0.4, -0.2) is 46.7 Å². The number of nitrogens with one attached hydrogen (secondary N) is 1. The van der Waals surface area contributed by atoms with E-state index in [9.17, 15) is 4.39 Å². The molecule has 0 saturated carbocycles. The predicted octanol–water partition coefficient (Wildman–Crippen LogP) is 2.23. The number of rotatable bonds is 10. The third-order valence-corrected chi connectivity index (χ3v) is 2.49. The van der Waals surface area contributed by atoms with E-state index in [0.717, 1.165) is 5.56 Å². The predicted molar refractivity (Wildman–Crippen MR) is 73.1 cm³/mol. The molecule has 108 valence electrons. The first kappa shape index (κ1) is 15.9. The number of hydrogen-bond acceptors (Lipinski definition) is 4. The molecule has 0 unspecified atom stereocenters. The summed E-state index contributed by atoms with van der Waals surface area (Å²) < 4.78 is 28.8. The number of hydrogen-bond donors (Lipinski definition) is 1. The minimum atomic E-state index is -0.242. The van der Waals surface area contributed by atoms with Crippen LogP contribution in [0.2, 0.25) is 0 Å². The fourth-order valence-corrected chi connectivity index (χ4v) is 1.50. The second-order valence-electron chi connectivity index (χ2n) is 4.13. The maximum atomic E-state index is 13.4. The minimum absolute atomic E-state index is 0.242. The molecule has 1 N–H and O–H groups in total. The van der Waals surface area contributed by atoms with Gasteiger partial charge in [-0.15, -0.1) is 0 Å². The molecular weight excluding hydrogens is 249 g/mol. The highest BCUT2D eigenvalue weighted by Gasteiger charge is 2.00. The summed E-state index contributed by atoms with van der Waals surface area (Å²) in [5.41, 5.74) is 1.54. The zero-order chi connectivity index (χ0) is 13.9. The van der Waals surface area contributed by atoms with E-state index in [-0.39, 0.29) is 5.82 Å². The first-order valence-electron chi connectivity index (χ1n) is 6.38. The third kappa shape index (κ3) is 7.10. The lowest BCUT2D eigenvalue weighted by Crippen LogP contribution is -2.14. The van der Waals surface area contributed by atoms with Crippen LogP contribution in [0.4, 0.5) is 10.1 Å².